The average Bonchev–Trinajstić information content (AvgIpc) is 2.90. The molecule has 0 saturated carbocycles. The predicted octanol–water partition coefficient (Wildman–Crippen LogP) is 4.73. The number of amides is 3. The highest BCUT2D eigenvalue weighted by Crippen LogP contribution is 2.25. The first-order chi connectivity index (χ1) is 18.6. The van der Waals surface area contributed by atoms with E-state index < -0.39 is 29.7 Å². The van der Waals surface area contributed by atoms with Crippen molar-refractivity contribution in [3.05, 3.63) is 102 Å². The molecule has 0 radical (unpaired) electrons. The zero-order valence-corrected chi connectivity index (χ0v) is 22.9. The Morgan fingerprint density at radius 2 is 1.44 bits per heavy atom. The van der Waals surface area contributed by atoms with E-state index >= 15 is 0 Å². The lowest BCUT2D eigenvalue weighted by atomic mass is 10.00. The molecule has 2 unspecified atom stereocenters. The molecule has 39 heavy (non-hydrogen) atoms. The molecule has 0 saturated heterocycles. The van der Waals surface area contributed by atoms with Gasteiger partial charge in [-0.2, -0.15) is 0 Å². The van der Waals surface area contributed by atoms with Gasteiger partial charge in [0, 0.05) is 19.5 Å². The molecule has 0 heterocycles. The number of aromatic hydroxyl groups is 1. The van der Waals surface area contributed by atoms with Gasteiger partial charge in [0.05, 0.1) is 0 Å². The molecule has 206 valence electrons. The standard InChI is InChI=1S/C31H37N3O5/c1-5-34(29(37)26(20-22-12-8-6-9-13-22)33-30(38)39-31(2,3)4)27(24-16-18-25(35)19-17-24)28(36)32-21-23-14-10-7-11-15-23/h6-19,26-27,35H,5,20-21H2,1-4H3,(H,32,36)(H,33,38). The Morgan fingerprint density at radius 1 is 0.872 bits per heavy atom. The predicted molar refractivity (Wildman–Crippen MR) is 150 cm³/mol. The maximum Gasteiger partial charge on any atom is 0.408 e. The minimum Gasteiger partial charge on any atom is -0.508 e. The molecule has 8 heteroatoms. The summed E-state index contributed by atoms with van der Waals surface area (Å²) < 4.78 is 5.43. The number of rotatable bonds is 10. The second-order valence-electron chi connectivity index (χ2n) is 10.2. The van der Waals surface area contributed by atoms with Gasteiger partial charge >= 0.3 is 6.09 Å². The van der Waals surface area contributed by atoms with Gasteiger partial charge in [0.2, 0.25) is 11.8 Å². The van der Waals surface area contributed by atoms with Crippen LogP contribution < -0.4 is 10.6 Å². The quantitative estimate of drug-likeness (QED) is 0.350. The van der Waals surface area contributed by atoms with Crippen molar-refractivity contribution in [3.8, 4) is 5.75 Å². The molecule has 3 aromatic carbocycles. The van der Waals surface area contributed by atoms with E-state index in [2.05, 4.69) is 10.6 Å². The van der Waals surface area contributed by atoms with Crippen LogP contribution in [0.3, 0.4) is 0 Å². The molecule has 0 fully saturated rings. The number of benzene rings is 3. The topological polar surface area (TPSA) is 108 Å². The zero-order valence-electron chi connectivity index (χ0n) is 22.9. The highest BCUT2D eigenvalue weighted by atomic mass is 16.6. The Bertz CT molecular complexity index is 1220. The number of hydrogen-bond acceptors (Lipinski definition) is 5. The lowest BCUT2D eigenvalue weighted by Gasteiger charge is -2.34. The van der Waals surface area contributed by atoms with Crippen molar-refractivity contribution in [2.24, 2.45) is 0 Å². The second-order valence-corrected chi connectivity index (χ2v) is 10.2. The van der Waals surface area contributed by atoms with Gasteiger partial charge in [-0.25, -0.2) is 4.79 Å². The monoisotopic (exact) mass is 531 g/mol. The van der Waals surface area contributed by atoms with Crippen molar-refractivity contribution >= 4 is 17.9 Å². The van der Waals surface area contributed by atoms with Gasteiger partial charge in [0.1, 0.15) is 23.4 Å². The van der Waals surface area contributed by atoms with E-state index in [1.165, 1.54) is 17.0 Å². The smallest absolute Gasteiger partial charge is 0.408 e. The highest BCUT2D eigenvalue weighted by Gasteiger charge is 2.35. The number of phenolic OH excluding ortho intramolecular Hbond substituents is 1. The van der Waals surface area contributed by atoms with Crippen molar-refractivity contribution in [3.63, 3.8) is 0 Å². The van der Waals surface area contributed by atoms with Crippen molar-refractivity contribution in [2.75, 3.05) is 6.54 Å². The number of ether oxygens (including phenoxy) is 1. The molecule has 0 bridgehead atoms. The van der Waals surface area contributed by atoms with Crippen LogP contribution in [0, 0.1) is 0 Å². The van der Waals surface area contributed by atoms with Gasteiger partial charge in [-0.15, -0.1) is 0 Å². The van der Waals surface area contributed by atoms with Crippen molar-refractivity contribution in [1.82, 2.24) is 15.5 Å². The number of carbonyl (C=O) groups is 3. The second kappa shape index (κ2) is 13.5. The zero-order chi connectivity index (χ0) is 28.4. The molecule has 2 atom stereocenters. The lowest BCUT2D eigenvalue weighted by Crippen LogP contribution is -2.53. The van der Waals surface area contributed by atoms with Gasteiger partial charge in [-0.3, -0.25) is 9.59 Å². The van der Waals surface area contributed by atoms with Gasteiger partial charge < -0.3 is 25.4 Å². The normalized spacial score (nSPS) is 12.6. The first-order valence-electron chi connectivity index (χ1n) is 13.0. The summed E-state index contributed by atoms with van der Waals surface area (Å²) in [5.74, 6) is -0.763. The third kappa shape index (κ3) is 8.88. The maximum atomic E-state index is 14.1. The molecule has 3 aromatic rings. The van der Waals surface area contributed by atoms with Crippen LogP contribution in [0.15, 0.2) is 84.9 Å². The molecule has 3 N–H and O–H groups in total. The van der Waals surface area contributed by atoms with Crippen LogP contribution in [0.4, 0.5) is 4.79 Å². The van der Waals surface area contributed by atoms with E-state index in [0.29, 0.717) is 5.56 Å². The molecule has 3 amide bonds. The van der Waals surface area contributed by atoms with Gasteiger partial charge in [-0.05, 0) is 56.5 Å². The summed E-state index contributed by atoms with van der Waals surface area (Å²) in [5.41, 5.74) is 1.54. The van der Waals surface area contributed by atoms with Crippen molar-refractivity contribution in [2.45, 2.75) is 58.3 Å². The minimum absolute atomic E-state index is 0.0464. The summed E-state index contributed by atoms with van der Waals surface area (Å²) in [6, 6.07) is 23.0. The number of carbonyl (C=O) groups excluding carboxylic acids is 3. The maximum absolute atomic E-state index is 14.1. The summed E-state index contributed by atoms with van der Waals surface area (Å²) in [4.78, 5) is 41.9. The minimum atomic E-state index is -0.995. The number of likely N-dealkylation sites (N-methyl/N-ethyl adjacent to an activating group) is 1. The molecule has 0 aromatic heterocycles. The summed E-state index contributed by atoms with van der Waals surface area (Å²) in [5, 5.41) is 15.5. The van der Waals surface area contributed by atoms with Gasteiger partial charge in [0.15, 0.2) is 0 Å². The van der Waals surface area contributed by atoms with Crippen LogP contribution in [-0.4, -0.2) is 46.1 Å². The molecule has 0 spiro atoms. The van der Waals surface area contributed by atoms with E-state index in [-0.39, 0.29) is 31.2 Å². The summed E-state index contributed by atoms with van der Waals surface area (Å²) >= 11 is 0. The highest BCUT2D eigenvalue weighted by molar-refractivity contribution is 5.92. The van der Waals surface area contributed by atoms with E-state index in [4.69, 9.17) is 4.74 Å². The first kappa shape index (κ1) is 29.2. The van der Waals surface area contributed by atoms with Gasteiger partial charge in [0.25, 0.3) is 0 Å². The summed E-state index contributed by atoms with van der Waals surface area (Å²) in [7, 11) is 0. The Kier molecular flexibility index (Phi) is 10.1. The van der Waals surface area contributed by atoms with E-state index in [9.17, 15) is 19.5 Å². The van der Waals surface area contributed by atoms with Crippen LogP contribution >= 0.6 is 0 Å². The van der Waals surface area contributed by atoms with Crippen molar-refractivity contribution < 1.29 is 24.2 Å². The SMILES string of the molecule is CCN(C(=O)C(Cc1ccccc1)NC(=O)OC(C)(C)C)C(C(=O)NCc1ccccc1)c1ccc(O)cc1. The van der Waals surface area contributed by atoms with Crippen molar-refractivity contribution in [1.29, 1.82) is 0 Å². The number of alkyl carbamates (subject to hydrolysis) is 1. The average molecular weight is 532 g/mol. The molecular weight excluding hydrogens is 494 g/mol. The number of phenols is 1. The van der Waals surface area contributed by atoms with E-state index in [1.54, 1.807) is 39.8 Å². The molecule has 0 aliphatic rings. The Hall–Kier alpha value is -4.33. The number of nitrogens with one attached hydrogen (secondary N) is 2. The van der Waals surface area contributed by atoms with Crippen LogP contribution in [0.2, 0.25) is 0 Å². The molecule has 3 rings (SSSR count). The summed E-state index contributed by atoms with van der Waals surface area (Å²) in [6.45, 7) is 7.50. The van der Waals surface area contributed by atoms with Crippen LogP contribution in [0.5, 0.6) is 5.75 Å². The lowest BCUT2D eigenvalue weighted by molar-refractivity contribution is -0.142. The molecule has 0 aliphatic carbocycles. The largest absolute Gasteiger partial charge is 0.508 e. The Balaban J connectivity index is 1.93. The van der Waals surface area contributed by atoms with Crippen LogP contribution in [0.1, 0.15) is 50.4 Å². The fourth-order valence-corrected chi connectivity index (χ4v) is 4.18. The third-order valence-electron chi connectivity index (χ3n) is 5.97. The Labute approximate surface area is 230 Å². The Morgan fingerprint density at radius 3 is 1.97 bits per heavy atom. The fraction of sp³-hybridized carbons (Fsp3) is 0.323. The van der Waals surface area contributed by atoms with E-state index in [0.717, 1.165) is 11.1 Å². The number of hydrogen-bond donors (Lipinski definition) is 3. The van der Waals surface area contributed by atoms with E-state index in [1.807, 2.05) is 60.7 Å². The molecule has 8 nitrogen and oxygen atoms in total. The first-order valence-corrected chi connectivity index (χ1v) is 13.0. The van der Waals surface area contributed by atoms with Crippen LogP contribution in [0.25, 0.3) is 0 Å². The fourth-order valence-electron chi connectivity index (χ4n) is 4.18. The molecular formula is C31H37N3O5. The van der Waals surface area contributed by atoms with Gasteiger partial charge in [-0.1, -0.05) is 72.8 Å². The van der Waals surface area contributed by atoms with Crippen LogP contribution in [-0.2, 0) is 27.3 Å². The number of nitrogens with zero attached hydrogens (tertiary/aromatic N) is 1. The third-order valence-corrected chi connectivity index (χ3v) is 5.97. The summed E-state index contributed by atoms with van der Waals surface area (Å²) in [6.07, 6.45) is -0.508. The molecule has 0 aliphatic heterocycles.